The van der Waals surface area contributed by atoms with E-state index >= 15 is 0 Å². The van der Waals surface area contributed by atoms with Gasteiger partial charge in [0.25, 0.3) is 0 Å². The van der Waals surface area contributed by atoms with Crippen LogP contribution in [-0.2, 0) is 0 Å². The van der Waals surface area contributed by atoms with Crippen LogP contribution in [0.4, 0.5) is 0 Å². The summed E-state index contributed by atoms with van der Waals surface area (Å²) in [6.07, 6.45) is 13.6. The second kappa shape index (κ2) is 2.48. The van der Waals surface area contributed by atoms with E-state index in [-0.39, 0.29) is 6.10 Å². The van der Waals surface area contributed by atoms with Crippen LogP contribution in [0.2, 0.25) is 0 Å². The smallest absolute Gasteiger partial charge is 0.0726 e. The van der Waals surface area contributed by atoms with Gasteiger partial charge in [-0.25, -0.2) is 0 Å². The minimum absolute atomic E-state index is 0.184. The van der Waals surface area contributed by atoms with Crippen LogP contribution >= 0.6 is 0 Å². The van der Waals surface area contributed by atoms with Crippen LogP contribution in [0.15, 0.2) is 24.3 Å². The third-order valence-corrected chi connectivity index (χ3v) is 4.29. The second-order valence-corrected chi connectivity index (χ2v) is 4.81. The van der Waals surface area contributed by atoms with Crippen molar-refractivity contribution >= 4 is 0 Å². The van der Waals surface area contributed by atoms with Crippen molar-refractivity contribution in [3.63, 3.8) is 0 Å². The van der Waals surface area contributed by atoms with Crippen molar-refractivity contribution in [1.29, 1.82) is 0 Å². The largest absolute Gasteiger partial charge is 0.389 e. The van der Waals surface area contributed by atoms with Gasteiger partial charge in [-0.3, -0.25) is 0 Å². The van der Waals surface area contributed by atoms with E-state index in [0.717, 1.165) is 18.3 Å². The van der Waals surface area contributed by atoms with Crippen molar-refractivity contribution in [2.24, 2.45) is 17.3 Å². The summed E-state index contributed by atoms with van der Waals surface area (Å²) in [6, 6.07) is 0. The highest BCUT2D eigenvalue weighted by atomic mass is 16.3. The molecule has 0 aromatic carbocycles. The number of rotatable bonds is 0. The molecule has 1 fully saturated rings. The highest BCUT2D eigenvalue weighted by Crippen LogP contribution is 2.59. The molecule has 1 N–H and O–H groups in total. The van der Waals surface area contributed by atoms with Crippen molar-refractivity contribution in [1.82, 2.24) is 0 Å². The van der Waals surface area contributed by atoms with Crippen molar-refractivity contribution in [3.05, 3.63) is 24.3 Å². The zero-order valence-corrected chi connectivity index (χ0v) is 7.82. The molecule has 0 amide bonds. The Balaban J connectivity index is 1.95. The lowest BCUT2D eigenvalue weighted by Crippen LogP contribution is -2.33. The highest BCUT2D eigenvalue weighted by molar-refractivity contribution is 5.22. The maximum Gasteiger partial charge on any atom is 0.0726 e. The first-order chi connectivity index (χ1) is 6.31. The zero-order valence-electron chi connectivity index (χ0n) is 7.82. The predicted octanol–water partition coefficient (Wildman–Crippen LogP) is 2.28. The van der Waals surface area contributed by atoms with Gasteiger partial charge in [-0.1, -0.05) is 24.3 Å². The van der Waals surface area contributed by atoms with E-state index in [0.29, 0.717) is 5.41 Å². The Morgan fingerprint density at radius 1 is 1.08 bits per heavy atom. The highest BCUT2D eigenvalue weighted by Gasteiger charge is 2.51. The van der Waals surface area contributed by atoms with Crippen LogP contribution < -0.4 is 0 Å². The molecule has 0 heterocycles. The van der Waals surface area contributed by atoms with Gasteiger partial charge in [-0.15, -0.1) is 0 Å². The minimum Gasteiger partial charge on any atom is -0.389 e. The number of allylic oxidation sites excluding steroid dienone is 3. The predicted molar refractivity (Wildman–Crippen MR) is 52.2 cm³/mol. The number of hydrogen-bond donors (Lipinski definition) is 1. The van der Waals surface area contributed by atoms with Gasteiger partial charge in [-0.05, 0) is 42.9 Å². The molecule has 3 aliphatic rings. The first kappa shape index (κ1) is 7.81. The first-order valence-electron chi connectivity index (χ1n) is 5.34. The van der Waals surface area contributed by atoms with Crippen LogP contribution in [0, 0.1) is 17.3 Å². The SMILES string of the molecule is O[C@@H]1C=CCC2(C1)[C@@H]1C=C[C@H]2CC1. The van der Waals surface area contributed by atoms with Crippen LogP contribution in [0.25, 0.3) is 0 Å². The van der Waals surface area contributed by atoms with Gasteiger partial charge in [0.2, 0.25) is 0 Å². The third kappa shape index (κ3) is 0.912. The van der Waals surface area contributed by atoms with Crippen LogP contribution in [0.5, 0.6) is 0 Å². The lowest BCUT2D eigenvalue weighted by atomic mass is 9.68. The first-order valence-corrected chi connectivity index (χ1v) is 5.34. The van der Waals surface area contributed by atoms with E-state index in [1.54, 1.807) is 0 Å². The lowest BCUT2D eigenvalue weighted by molar-refractivity contribution is 0.0898. The van der Waals surface area contributed by atoms with Gasteiger partial charge in [0, 0.05) is 0 Å². The second-order valence-electron chi connectivity index (χ2n) is 4.81. The van der Waals surface area contributed by atoms with Crippen molar-refractivity contribution < 1.29 is 5.11 Å². The van der Waals surface area contributed by atoms with E-state index in [2.05, 4.69) is 18.2 Å². The molecule has 1 unspecified atom stereocenters. The molecule has 1 heteroatoms. The zero-order chi connectivity index (χ0) is 8.89. The quantitative estimate of drug-likeness (QED) is 0.561. The Morgan fingerprint density at radius 3 is 2.31 bits per heavy atom. The summed E-state index contributed by atoms with van der Waals surface area (Å²) in [4.78, 5) is 0. The average Bonchev–Trinajstić information content (AvgIpc) is 2.61. The average molecular weight is 176 g/mol. The van der Waals surface area contributed by atoms with E-state index in [1.807, 2.05) is 6.08 Å². The van der Waals surface area contributed by atoms with E-state index in [9.17, 15) is 5.11 Å². The van der Waals surface area contributed by atoms with Gasteiger partial charge in [0.05, 0.1) is 6.10 Å². The fourth-order valence-corrected chi connectivity index (χ4v) is 3.64. The van der Waals surface area contributed by atoms with E-state index < -0.39 is 0 Å². The van der Waals surface area contributed by atoms with Crippen LogP contribution in [-0.4, -0.2) is 11.2 Å². The minimum atomic E-state index is -0.184. The maximum atomic E-state index is 9.68. The van der Waals surface area contributed by atoms with Crippen LogP contribution in [0.3, 0.4) is 0 Å². The Labute approximate surface area is 79.2 Å². The molecule has 3 aliphatic carbocycles. The summed E-state index contributed by atoms with van der Waals surface area (Å²) in [6.45, 7) is 0. The van der Waals surface area contributed by atoms with E-state index in [1.165, 1.54) is 19.3 Å². The summed E-state index contributed by atoms with van der Waals surface area (Å²) < 4.78 is 0. The molecule has 13 heavy (non-hydrogen) atoms. The molecule has 1 spiro atoms. The van der Waals surface area contributed by atoms with Crippen molar-refractivity contribution in [2.75, 3.05) is 0 Å². The molecule has 70 valence electrons. The Morgan fingerprint density at radius 2 is 1.77 bits per heavy atom. The summed E-state index contributed by atoms with van der Waals surface area (Å²) in [5.74, 6) is 1.52. The summed E-state index contributed by atoms with van der Waals surface area (Å²) in [5, 5.41) is 9.68. The molecule has 4 atom stereocenters. The summed E-state index contributed by atoms with van der Waals surface area (Å²) in [5.41, 5.74) is 0.425. The summed E-state index contributed by atoms with van der Waals surface area (Å²) >= 11 is 0. The molecule has 0 aromatic heterocycles. The molecule has 2 bridgehead atoms. The fraction of sp³-hybridized carbons (Fsp3) is 0.667. The Bertz CT molecular complexity index is 263. The molecule has 0 saturated heterocycles. The van der Waals surface area contributed by atoms with E-state index in [4.69, 9.17) is 0 Å². The Kier molecular flexibility index (Phi) is 1.49. The summed E-state index contributed by atoms with van der Waals surface area (Å²) in [7, 11) is 0. The van der Waals surface area contributed by atoms with Crippen molar-refractivity contribution in [3.8, 4) is 0 Å². The third-order valence-electron chi connectivity index (χ3n) is 4.29. The molecule has 0 aliphatic heterocycles. The lowest BCUT2D eigenvalue weighted by Gasteiger charge is -2.37. The fourth-order valence-electron chi connectivity index (χ4n) is 3.64. The number of aliphatic hydroxyl groups is 1. The maximum absolute atomic E-state index is 9.68. The monoisotopic (exact) mass is 176 g/mol. The molecular formula is C12H16O. The normalized spacial score (nSPS) is 52.2. The number of aliphatic hydroxyl groups excluding tert-OH is 1. The number of hydrogen-bond acceptors (Lipinski definition) is 1. The van der Waals surface area contributed by atoms with Gasteiger partial charge in [0.1, 0.15) is 0 Å². The van der Waals surface area contributed by atoms with Gasteiger partial charge >= 0.3 is 0 Å². The topological polar surface area (TPSA) is 20.2 Å². The van der Waals surface area contributed by atoms with Crippen LogP contribution in [0.1, 0.15) is 25.7 Å². The molecule has 3 rings (SSSR count). The van der Waals surface area contributed by atoms with Gasteiger partial charge in [-0.2, -0.15) is 0 Å². The Hall–Kier alpha value is -0.560. The van der Waals surface area contributed by atoms with Gasteiger partial charge < -0.3 is 5.11 Å². The molecular weight excluding hydrogens is 160 g/mol. The standard InChI is InChI=1S/C12H16O/c13-11-2-1-7-12(8-11)9-3-4-10(12)6-5-9/h1-4,9-11,13H,5-8H2/t9-,10+,11-,12?/m1/s1. The molecule has 1 nitrogen and oxygen atoms in total. The van der Waals surface area contributed by atoms with Crippen molar-refractivity contribution in [2.45, 2.75) is 31.8 Å². The molecule has 1 saturated carbocycles. The van der Waals surface area contributed by atoms with Gasteiger partial charge in [0.15, 0.2) is 0 Å². The molecule has 0 radical (unpaired) electrons. The molecule has 0 aromatic rings.